The standard InChI is InChI=1S/C9H11N3O3/c10-4-6-12(7-5-11)8(13)2-1-3-9(14)15/h1-3,6-7H2,(H,14,15). The van der Waals surface area contributed by atoms with Crippen LogP contribution in [0, 0.1) is 22.7 Å². The van der Waals surface area contributed by atoms with E-state index in [0.717, 1.165) is 4.90 Å². The number of hydrogen-bond acceptors (Lipinski definition) is 4. The quantitative estimate of drug-likeness (QED) is 0.625. The zero-order valence-electron chi connectivity index (χ0n) is 8.14. The summed E-state index contributed by atoms with van der Waals surface area (Å²) in [7, 11) is 0. The van der Waals surface area contributed by atoms with E-state index in [-0.39, 0.29) is 38.3 Å². The molecule has 0 aliphatic rings. The van der Waals surface area contributed by atoms with Gasteiger partial charge in [-0.05, 0) is 6.42 Å². The average Bonchev–Trinajstić information content (AvgIpc) is 2.16. The van der Waals surface area contributed by atoms with Gasteiger partial charge < -0.3 is 10.0 Å². The van der Waals surface area contributed by atoms with Crippen LogP contribution in [0.15, 0.2) is 0 Å². The van der Waals surface area contributed by atoms with Crippen LogP contribution in [-0.4, -0.2) is 35.0 Å². The first-order chi connectivity index (χ1) is 7.11. The maximum absolute atomic E-state index is 11.3. The van der Waals surface area contributed by atoms with Crippen LogP contribution >= 0.6 is 0 Å². The Morgan fingerprint density at radius 3 is 2.07 bits per heavy atom. The van der Waals surface area contributed by atoms with Crippen LogP contribution in [0.2, 0.25) is 0 Å². The van der Waals surface area contributed by atoms with Crippen LogP contribution in [0.4, 0.5) is 0 Å². The lowest BCUT2D eigenvalue weighted by molar-refractivity contribution is -0.137. The van der Waals surface area contributed by atoms with Crippen molar-refractivity contribution < 1.29 is 14.7 Å². The van der Waals surface area contributed by atoms with E-state index in [1.54, 1.807) is 12.1 Å². The van der Waals surface area contributed by atoms with E-state index in [2.05, 4.69) is 0 Å². The van der Waals surface area contributed by atoms with Gasteiger partial charge in [0.2, 0.25) is 5.91 Å². The molecule has 1 amide bonds. The Hall–Kier alpha value is -2.08. The summed E-state index contributed by atoms with van der Waals surface area (Å²) in [4.78, 5) is 22.6. The van der Waals surface area contributed by atoms with Gasteiger partial charge in [0.05, 0.1) is 12.1 Å². The molecule has 6 nitrogen and oxygen atoms in total. The Bertz CT molecular complexity index is 298. The zero-order valence-corrected chi connectivity index (χ0v) is 8.14. The second-order valence-electron chi connectivity index (χ2n) is 2.81. The number of hydrogen-bond donors (Lipinski definition) is 1. The van der Waals surface area contributed by atoms with Crippen LogP contribution in [0.25, 0.3) is 0 Å². The van der Waals surface area contributed by atoms with Crippen LogP contribution in [0.5, 0.6) is 0 Å². The molecule has 0 fully saturated rings. The van der Waals surface area contributed by atoms with E-state index in [4.69, 9.17) is 15.6 Å². The minimum absolute atomic E-state index is 0.0513. The van der Waals surface area contributed by atoms with E-state index in [0.29, 0.717) is 0 Å². The molecule has 0 radical (unpaired) electrons. The molecule has 0 bridgehead atoms. The molecule has 0 aliphatic heterocycles. The van der Waals surface area contributed by atoms with E-state index >= 15 is 0 Å². The largest absolute Gasteiger partial charge is 0.481 e. The first-order valence-electron chi connectivity index (χ1n) is 4.35. The average molecular weight is 209 g/mol. The highest BCUT2D eigenvalue weighted by Gasteiger charge is 2.12. The SMILES string of the molecule is N#CCN(CC#N)C(=O)CCCC(=O)O. The molecule has 0 aromatic heterocycles. The predicted octanol–water partition coefficient (Wildman–Crippen LogP) is 0.117. The molecule has 0 unspecified atom stereocenters. The molecular formula is C9H11N3O3. The van der Waals surface area contributed by atoms with Gasteiger partial charge in [-0.2, -0.15) is 10.5 Å². The predicted molar refractivity (Wildman–Crippen MR) is 49.3 cm³/mol. The summed E-state index contributed by atoms with van der Waals surface area (Å²) in [5.41, 5.74) is 0. The molecule has 6 heteroatoms. The van der Waals surface area contributed by atoms with E-state index < -0.39 is 5.97 Å². The van der Waals surface area contributed by atoms with Crippen LogP contribution in [-0.2, 0) is 9.59 Å². The van der Waals surface area contributed by atoms with E-state index in [1.165, 1.54) is 0 Å². The molecular weight excluding hydrogens is 198 g/mol. The van der Waals surface area contributed by atoms with Gasteiger partial charge in [-0.25, -0.2) is 0 Å². The number of amides is 1. The molecule has 0 rings (SSSR count). The van der Waals surface area contributed by atoms with Crippen molar-refractivity contribution in [1.82, 2.24) is 4.90 Å². The summed E-state index contributed by atoms with van der Waals surface area (Å²) in [6.45, 7) is -0.279. The van der Waals surface area contributed by atoms with E-state index in [1.807, 2.05) is 0 Å². The van der Waals surface area contributed by atoms with Crippen molar-refractivity contribution in [1.29, 1.82) is 10.5 Å². The molecule has 0 saturated heterocycles. The van der Waals surface area contributed by atoms with Crippen LogP contribution in [0.3, 0.4) is 0 Å². The number of carbonyl (C=O) groups is 2. The Morgan fingerprint density at radius 2 is 1.67 bits per heavy atom. The Balaban J connectivity index is 3.99. The molecule has 0 heterocycles. The van der Waals surface area contributed by atoms with Crippen molar-refractivity contribution >= 4 is 11.9 Å². The second kappa shape index (κ2) is 7.34. The highest BCUT2D eigenvalue weighted by atomic mass is 16.4. The highest BCUT2D eigenvalue weighted by Crippen LogP contribution is 2.00. The fraction of sp³-hybridized carbons (Fsp3) is 0.556. The number of carbonyl (C=O) groups excluding carboxylic acids is 1. The highest BCUT2D eigenvalue weighted by molar-refractivity contribution is 5.77. The minimum Gasteiger partial charge on any atom is -0.481 e. The third kappa shape index (κ3) is 6.05. The maximum atomic E-state index is 11.3. The smallest absolute Gasteiger partial charge is 0.303 e. The molecule has 0 aliphatic carbocycles. The normalized spacial score (nSPS) is 8.67. The fourth-order valence-electron chi connectivity index (χ4n) is 0.952. The lowest BCUT2D eigenvalue weighted by atomic mass is 10.2. The second-order valence-corrected chi connectivity index (χ2v) is 2.81. The summed E-state index contributed by atoms with van der Waals surface area (Å²) in [5, 5.41) is 25.1. The van der Waals surface area contributed by atoms with Crippen LogP contribution < -0.4 is 0 Å². The third-order valence-electron chi connectivity index (χ3n) is 1.66. The van der Waals surface area contributed by atoms with Crippen molar-refractivity contribution in [3.05, 3.63) is 0 Å². The monoisotopic (exact) mass is 209 g/mol. The molecule has 1 N–H and O–H groups in total. The summed E-state index contributed by atoms with van der Waals surface area (Å²) >= 11 is 0. The number of rotatable bonds is 6. The summed E-state index contributed by atoms with van der Waals surface area (Å²) < 4.78 is 0. The van der Waals surface area contributed by atoms with Crippen LogP contribution in [0.1, 0.15) is 19.3 Å². The number of carboxylic acids is 1. The fourth-order valence-corrected chi connectivity index (χ4v) is 0.952. The summed E-state index contributed by atoms with van der Waals surface area (Å²) in [6, 6.07) is 3.54. The maximum Gasteiger partial charge on any atom is 0.303 e. The van der Waals surface area contributed by atoms with Gasteiger partial charge in [0.1, 0.15) is 13.1 Å². The first-order valence-corrected chi connectivity index (χ1v) is 4.35. The Labute approximate surface area is 87.3 Å². The van der Waals surface area contributed by atoms with Crippen molar-refractivity contribution in [3.63, 3.8) is 0 Å². The van der Waals surface area contributed by atoms with Gasteiger partial charge in [-0.1, -0.05) is 0 Å². The minimum atomic E-state index is -0.963. The van der Waals surface area contributed by atoms with Gasteiger partial charge in [0.25, 0.3) is 0 Å². The lowest BCUT2D eigenvalue weighted by Gasteiger charge is -2.14. The van der Waals surface area contributed by atoms with Crippen molar-refractivity contribution in [2.45, 2.75) is 19.3 Å². The van der Waals surface area contributed by atoms with Gasteiger partial charge in [0, 0.05) is 12.8 Å². The summed E-state index contributed by atoms with van der Waals surface area (Å²) in [6.07, 6.45) is 0.190. The number of carboxylic acid groups (broad SMARTS) is 1. The molecule has 0 spiro atoms. The van der Waals surface area contributed by atoms with Gasteiger partial charge in [-0.3, -0.25) is 9.59 Å². The topological polar surface area (TPSA) is 105 Å². The number of nitriles is 2. The molecule has 0 saturated carbocycles. The van der Waals surface area contributed by atoms with Gasteiger partial charge >= 0.3 is 5.97 Å². The lowest BCUT2D eigenvalue weighted by Crippen LogP contribution is -2.31. The van der Waals surface area contributed by atoms with Crippen molar-refractivity contribution in [2.75, 3.05) is 13.1 Å². The molecule has 0 aromatic rings. The first kappa shape index (κ1) is 12.9. The molecule has 0 atom stereocenters. The van der Waals surface area contributed by atoms with Gasteiger partial charge in [-0.15, -0.1) is 0 Å². The third-order valence-corrected chi connectivity index (χ3v) is 1.66. The Kier molecular flexibility index (Phi) is 6.32. The Morgan fingerprint density at radius 1 is 1.13 bits per heavy atom. The molecule has 15 heavy (non-hydrogen) atoms. The summed E-state index contributed by atoms with van der Waals surface area (Å²) in [5.74, 6) is -1.32. The number of aliphatic carboxylic acids is 1. The van der Waals surface area contributed by atoms with Gasteiger partial charge in [0.15, 0.2) is 0 Å². The molecule has 0 aromatic carbocycles. The van der Waals surface area contributed by atoms with E-state index in [9.17, 15) is 9.59 Å². The zero-order chi connectivity index (χ0) is 11.7. The number of nitrogens with zero attached hydrogens (tertiary/aromatic N) is 3. The molecule has 80 valence electrons. The van der Waals surface area contributed by atoms with Crippen molar-refractivity contribution in [3.8, 4) is 12.1 Å². The van der Waals surface area contributed by atoms with Crippen molar-refractivity contribution in [2.24, 2.45) is 0 Å².